The molecule has 0 saturated carbocycles. The molecule has 6 heteroatoms. The van der Waals surface area contributed by atoms with E-state index in [4.69, 9.17) is 4.98 Å². The van der Waals surface area contributed by atoms with Crippen molar-refractivity contribution < 1.29 is 9.59 Å². The Bertz CT molecular complexity index is 624. The monoisotopic (exact) mass is 361 g/mol. The molecule has 2 aliphatic rings. The summed E-state index contributed by atoms with van der Waals surface area (Å²) in [5.41, 5.74) is 1.25. The molecule has 1 saturated heterocycles. The van der Waals surface area contributed by atoms with E-state index >= 15 is 0 Å². The Morgan fingerprint density at radius 1 is 1.28 bits per heavy atom. The van der Waals surface area contributed by atoms with Crippen molar-refractivity contribution in [3.8, 4) is 0 Å². The number of piperidine rings is 1. The van der Waals surface area contributed by atoms with Gasteiger partial charge in [0.2, 0.25) is 11.8 Å². The van der Waals surface area contributed by atoms with Gasteiger partial charge in [0.05, 0.1) is 11.7 Å². The van der Waals surface area contributed by atoms with Crippen LogP contribution in [0, 0.1) is 5.92 Å². The van der Waals surface area contributed by atoms with Crippen molar-refractivity contribution in [2.45, 2.75) is 57.9 Å². The number of likely N-dealkylation sites (tertiary alicyclic amines) is 1. The van der Waals surface area contributed by atoms with Crippen LogP contribution in [-0.2, 0) is 22.4 Å². The van der Waals surface area contributed by atoms with E-state index in [0.29, 0.717) is 25.9 Å². The molecule has 1 N–H and O–H groups in total. The van der Waals surface area contributed by atoms with E-state index in [2.05, 4.69) is 11.9 Å². The number of fused-ring (bicyclic) bond motifs is 1. The van der Waals surface area contributed by atoms with Crippen molar-refractivity contribution in [2.75, 3.05) is 13.1 Å². The molecule has 0 radical (unpaired) electrons. The molecule has 25 heavy (non-hydrogen) atoms. The Labute approximate surface area is 153 Å². The fraction of sp³-hybridized carbons (Fsp3) is 0.632. The summed E-state index contributed by atoms with van der Waals surface area (Å²) in [6.45, 7) is 6.80. The minimum absolute atomic E-state index is 0.0194. The van der Waals surface area contributed by atoms with Crippen LogP contribution in [0.1, 0.15) is 60.6 Å². The lowest BCUT2D eigenvalue weighted by Crippen LogP contribution is -2.42. The molecule has 0 spiro atoms. The second-order valence-electron chi connectivity index (χ2n) is 7.02. The minimum atomic E-state index is -0.0449. The third kappa shape index (κ3) is 4.29. The molecule has 1 unspecified atom stereocenters. The Hall–Kier alpha value is -1.69. The van der Waals surface area contributed by atoms with Crippen molar-refractivity contribution in [1.29, 1.82) is 0 Å². The van der Waals surface area contributed by atoms with Gasteiger partial charge >= 0.3 is 0 Å². The highest BCUT2D eigenvalue weighted by Gasteiger charge is 2.28. The van der Waals surface area contributed by atoms with Gasteiger partial charge in [0.25, 0.3) is 0 Å². The molecule has 0 aromatic carbocycles. The number of nitrogens with zero attached hydrogens (tertiary/aromatic N) is 2. The summed E-state index contributed by atoms with van der Waals surface area (Å²) in [5.74, 6) is 0.0224. The van der Waals surface area contributed by atoms with Crippen LogP contribution < -0.4 is 5.32 Å². The predicted molar refractivity (Wildman–Crippen MR) is 99.4 cm³/mol. The standard InChI is InChI=1S/C19H27N3O2S/c1-3-17(23)22-11-9-14(10-12-22)18(24)20-13(2)19-21-15-7-5-4-6-8-16(15)25-19/h3,13-14H,1,4-12H2,2H3,(H,20,24). The maximum absolute atomic E-state index is 12.6. The van der Waals surface area contributed by atoms with E-state index < -0.39 is 0 Å². The van der Waals surface area contributed by atoms with E-state index in [9.17, 15) is 9.59 Å². The van der Waals surface area contributed by atoms with Crippen LogP contribution in [0.5, 0.6) is 0 Å². The van der Waals surface area contributed by atoms with Gasteiger partial charge in [0, 0.05) is 23.9 Å². The quantitative estimate of drug-likeness (QED) is 0.662. The van der Waals surface area contributed by atoms with E-state index in [1.54, 1.807) is 16.2 Å². The Morgan fingerprint density at radius 3 is 2.72 bits per heavy atom. The summed E-state index contributed by atoms with van der Waals surface area (Å²) in [6, 6.07) is -0.0442. The van der Waals surface area contributed by atoms with E-state index in [-0.39, 0.29) is 23.8 Å². The molecule has 1 aromatic rings. The van der Waals surface area contributed by atoms with Gasteiger partial charge in [-0.3, -0.25) is 9.59 Å². The van der Waals surface area contributed by atoms with Crippen LogP contribution in [0.15, 0.2) is 12.7 Å². The number of carbonyl (C=O) groups is 2. The number of aromatic nitrogens is 1. The molecule has 136 valence electrons. The average molecular weight is 362 g/mol. The predicted octanol–water partition coefficient (Wildman–Crippen LogP) is 3.01. The van der Waals surface area contributed by atoms with E-state index in [1.165, 1.54) is 35.9 Å². The zero-order chi connectivity index (χ0) is 17.8. The molecule has 2 amide bonds. The van der Waals surface area contributed by atoms with Crippen LogP contribution in [0.25, 0.3) is 0 Å². The number of amides is 2. The number of aryl methyl sites for hydroxylation is 2. The Kier molecular flexibility index (Phi) is 5.89. The molecular formula is C19H27N3O2S. The lowest BCUT2D eigenvalue weighted by Gasteiger charge is -2.31. The molecule has 1 aromatic heterocycles. The first-order valence-corrected chi connectivity index (χ1v) is 10.1. The topological polar surface area (TPSA) is 62.3 Å². The molecule has 1 fully saturated rings. The number of carbonyl (C=O) groups excluding carboxylic acids is 2. The van der Waals surface area contributed by atoms with Crippen molar-refractivity contribution in [1.82, 2.24) is 15.2 Å². The third-order valence-corrected chi connectivity index (χ3v) is 6.53. The first-order valence-electron chi connectivity index (χ1n) is 9.28. The van der Waals surface area contributed by atoms with Gasteiger partial charge in [-0.1, -0.05) is 13.0 Å². The lowest BCUT2D eigenvalue weighted by atomic mass is 9.95. The third-order valence-electron chi connectivity index (χ3n) is 5.19. The smallest absolute Gasteiger partial charge is 0.245 e. The maximum atomic E-state index is 12.6. The van der Waals surface area contributed by atoms with Crippen LogP contribution in [0.3, 0.4) is 0 Å². The molecule has 1 aliphatic heterocycles. The minimum Gasteiger partial charge on any atom is -0.347 e. The highest BCUT2D eigenvalue weighted by Crippen LogP contribution is 2.29. The Balaban J connectivity index is 1.54. The summed E-state index contributed by atoms with van der Waals surface area (Å²) in [6.07, 6.45) is 8.73. The highest BCUT2D eigenvalue weighted by molar-refractivity contribution is 7.11. The second-order valence-corrected chi connectivity index (χ2v) is 8.13. The second kappa shape index (κ2) is 8.13. The average Bonchev–Trinajstić information content (AvgIpc) is 2.92. The number of hydrogen-bond acceptors (Lipinski definition) is 4. The first-order chi connectivity index (χ1) is 12.1. The molecule has 1 aliphatic carbocycles. The van der Waals surface area contributed by atoms with Crippen molar-refractivity contribution >= 4 is 23.2 Å². The van der Waals surface area contributed by atoms with Crippen molar-refractivity contribution in [3.63, 3.8) is 0 Å². The largest absolute Gasteiger partial charge is 0.347 e. The van der Waals surface area contributed by atoms with Crippen LogP contribution in [0.2, 0.25) is 0 Å². The summed E-state index contributed by atoms with van der Waals surface area (Å²) < 4.78 is 0. The van der Waals surface area contributed by atoms with Gasteiger partial charge in [-0.2, -0.15) is 0 Å². The van der Waals surface area contributed by atoms with E-state index in [1.807, 2.05) is 6.92 Å². The number of nitrogens with one attached hydrogen (secondary N) is 1. The van der Waals surface area contributed by atoms with Gasteiger partial charge in [0.15, 0.2) is 0 Å². The zero-order valence-corrected chi connectivity index (χ0v) is 15.7. The van der Waals surface area contributed by atoms with Crippen LogP contribution >= 0.6 is 11.3 Å². The zero-order valence-electron chi connectivity index (χ0n) is 14.9. The molecular weight excluding hydrogens is 334 g/mol. The molecule has 5 nitrogen and oxygen atoms in total. The lowest BCUT2D eigenvalue weighted by molar-refractivity contribution is -0.132. The first kappa shape index (κ1) is 18.1. The molecule has 3 rings (SSSR count). The highest BCUT2D eigenvalue weighted by atomic mass is 32.1. The maximum Gasteiger partial charge on any atom is 0.245 e. The van der Waals surface area contributed by atoms with Gasteiger partial charge < -0.3 is 10.2 Å². The molecule has 0 bridgehead atoms. The number of rotatable bonds is 4. The fourth-order valence-corrected chi connectivity index (χ4v) is 4.77. The summed E-state index contributed by atoms with van der Waals surface area (Å²) in [5, 5.41) is 4.16. The molecule has 2 heterocycles. The number of thiazole rings is 1. The number of hydrogen-bond donors (Lipinski definition) is 1. The summed E-state index contributed by atoms with van der Waals surface area (Å²) in [7, 11) is 0. The normalized spacial score (nSPS) is 19.6. The summed E-state index contributed by atoms with van der Waals surface area (Å²) >= 11 is 1.76. The van der Waals surface area contributed by atoms with Crippen LogP contribution in [-0.4, -0.2) is 34.8 Å². The van der Waals surface area contributed by atoms with Gasteiger partial charge in [0.1, 0.15) is 5.01 Å². The van der Waals surface area contributed by atoms with Crippen LogP contribution in [0.4, 0.5) is 0 Å². The molecule has 1 atom stereocenters. The van der Waals surface area contributed by atoms with Crippen molar-refractivity contribution in [3.05, 3.63) is 28.2 Å². The van der Waals surface area contributed by atoms with Gasteiger partial charge in [-0.15, -0.1) is 11.3 Å². The SMILES string of the molecule is C=CC(=O)N1CCC(C(=O)NC(C)c2nc3c(s2)CCCCC3)CC1. The van der Waals surface area contributed by atoms with E-state index in [0.717, 1.165) is 17.8 Å². The van der Waals surface area contributed by atoms with Gasteiger partial charge in [-0.25, -0.2) is 4.98 Å². The summed E-state index contributed by atoms with van der Waals surface area (Å²) in [4.78, 5) is 32.2. The Morgan fingerprint density at radius 2 is 2.00 bits per heavy atom. The fourth-order valence-electron chi connectivity index (χ4n) is 3.62. The van der Waals surface area contributed by atoms with Crippen molar-refractivity contribution in [2.24, 2.45) is 5.92 Å². The van der Waals surface area contributed by atoms with Gasteiger partial charge in [-0.05, 0) is 51.5 Å².